The van der Waals surface area contributed by atoms with E-state index >= 15 is 0 Å². The van der Waals surface area contributed by atoms with Crippen LogP contribution >= 0.6 is 0 Å². The predicted octanol–water partition coefficient (Wildman–Crippen LogP) is 3.11. The van der Waals surface area contributed by atoms with E-state index in [1.807, 2.05) is 48.5 Å². The van der Waals surface area contributed by atoms with Crippen molar-refractivity contribution >= 4 is 33.2 Å². The lowest BCUT2D eigenvalue weighted by atomic mass is 10.1. The molecule has 0 atom stereocenters. The average Bonchev–Trinajstić information content (AvgIpc) is 2.55. The van der Waals surface area contributed by atoms with Gasteiger partial charge in [-0.1, -0.05) is 36.4 Å². The Morgan fingerprint density at radius 1 is 0.652 bits per heavy atom. The lowest BCUT2D eigenvalue weighted by Crippen LogP contribution is -2.12. The Labute approximate surface area is 130 Å². The van der Waals surface area contributed by atoms with E-state index in [-0.39, 0.29) is 11.1 Å². The normalized spacial score (nSPS) is 11.0. The molecule has 0 aliphatic heterocycles. The van der Waals surface area contributed by atoms with Gasteiger partial charge in [0.1, 0.15) is 11.6 Å². The molecule has 3 N–H and O–H groups in total. The molecule has 2 aromatic heterocycles. The molecule has 0 unspecified atom stereocenters. The smallest absolute Gasteiger partial charge is 0.257 e. The van der Waals surface area contributed by atoms with Crippen molar-refractivity contribution in [2.75, 3.05) is 5.32 Å². The van der Waals surface area contributed by atoms with Gasteiger partial charge < -0.3 is 15.3 Å². The standard InChI is InChI=1S/C18H13N3O2/c22-17-13-7-3-1-5-11(13)9-15(20-17)19-16-10-12-6-2-4-8-14(12)18(23)21-16/h1-10H,(H3,19,20,21,22,23). The summed E-state index contributed by atoms with van der Waals surface area (Å²) in [6.45, 7) is 0. The molecule has 0 bridgehead atoms. The lowest BCUT2D eigenvalue weighted by molar-refractivity contribution is 1.21. The van der Waals surface area contributed by atoms with Gasteiger partial charge in [-0.2, -0.15) is 0 Å². The minimum atomic E-state index is -0.172. The fraction of sp³-hybridized carbons (Fsp3) is 0. The fourth-order valence-corrected chi connectivity index (χ4v) is 2.70. The second-order valence-electron chi connectivity index (χ2n) is 5.32. The monoisotopic (exact) mass is 303 g/mol. The maximum Gasteiger partial charge on any atom is 0.257 e. The van der Waals surface area contributed by atoms with Crippen LogP contribution in [-0.4, -0.2) is 9.97 Å². The van der Waals surface area contributed by atoms with E-state index in [0.717, 1.165) is 10.8 Å². The summed E-state index contributed by atoms with van der Waals surface area (Å²) in [6.07, 6.45) is 0. The second kappa shape index (κ2) is 5.14. The molecule has 112 valence electrons. The number of aromatic nitrogens is 2. The second-order valence-corrected chi connectivity index (χ2v) is 5.32. The van der Waals surface area contributed by atoms with E-state index in [2.05, 4.69) is 15.3 Å². The molecule has 2 heterocycles. The van der Waals surface area contributed by atoms with E-state index in [1.165, 1.54) is 0 Å². The number of nitrogens with one attached hydrogen (secondary N) is 3. The van der Waals surface area contributed by atoms with Crippen LogP contribution in [0, 0.1) is 0 Å². The first-order valence-electron chi connectivity index (χ1n) is 7.22. The molecule has 0 aliphatic carbocycles. The van der Waals surface area contributed by atoms with Crippen molar-refractivity contribution in [3.05, 3.63) is 81.4 Å². The molecule has 0 radical (unpaired) electrons. The van der Waals surface area contributed by atoms with Crippen LogP contribution in [0.2, 0.25) is 0 Å². The number of fused-ring (bicyclic) bond motifs is 2. The van der Waals surface area contributed by atoms with Crippen LogP contribution in [-0.2, 0) is 0 Å². The molecule has 0 fully saturated rings. The summed E-state index contributed by atoms with van der Waals surface area (Å²) in [6, 6.07) is 18.4. The zero-order chi connectivity index (χ0) is 15.8. The molecule has 2 aromatic carbocycles. The molecule has 0 aliphatic rings. The highest BCUT2D eigenvalue weighted by Crippen LogP contribution is 2.18. The third-order valence-electron chi connectivity index (χ3n) is 3.78. The van der Waals surface area contributed by atoms with Crippen molar-refractivity contribution in [1.29, 1.82) is 0 Å². The van der Waals surface area contributed by atoms with Gasteiger partial charge in [-0.25, -0.2) is 0 Å². The van der Waals surface area contributed by atoms with Gasteiger partial charge in [-0.05, 0) is 35.0 Å². The first kappa shape index (κ1) is 13.3. The van der Waals surface area contributed by atoms with Crippen molar-refractivity contribution in [3.8, 4) is 0 Å². The van der Waals surface area contributed by atoms with Crippen LogP contribution < -0.4 is 16.4 Å². The van der Waals surface area contributed by atoms with Gasteiger partial charge in [-0.15, -0.1) is 0 Å². The van der Waals surface area contributed by atoms with Gasteiger partial charge in [0, 0.05) is 10.8 Å². The first-order valence-corrected chi connectivity index (χ1v) is 7.22. The summed E-state index contributed by atoms with van der Waals surface area (Å²) < 4.78 is 0. The SMILES string of the molecule is O=c1[nH]c(Nc2cc3ccccc3c(=O)[nH]2)cc2ccccc12. The number of H-pyrrole nitrogens is 2. The highest BCUT2D eigenvalue weighted by atomic mass is 16.1. The first-order chi connectivity index (χ1) is 11.2. The molecule has 4 rings (SSSR count). The molecule has 0 saturated carbocycles. The van der Waals surface area contributed by atoms with Crippen LogP contribution in [0.4, 0.5) is 11.6 Å². The number of anilines is 2. The number of aromatic amines is 2. The zero-order valence-electron chi connectivity index (χ0n) is 12.1. The molecule has 0 spiro atoms. The number of benzene rings is 2. The summed E-state index contributed by atoms with van der Waals surface area (Å²) in [5.74, 6) is 1.05. The minimum Gasteiger partial charge on any atom is -0.328 e. The van der Waals surface area contributed by atoms with Crippen molar-refractivity contribution in [1.82, 2.24) is 9.97 Å². The van der Waals surface area contributed by atoms with Gasteiger partial charge >= 0.3 is 0 Å². The lowest BCUT2D eigenvalue weighted by Gasteiger charge is -2.08. The Kier molecular flexibility index (Phi) is 2.98. The van der Waals surface area contributed by atoms with Crippen LogP contribution in [0.3, 0.4) is 0 Å². The van der Waals surface area contributed by atoms with Gasteiger partial charge in [0.15, 0.2) is 0 Å². The molecule has 5 heteroatoms. The van der Waals surface area contributed by atoms with Crippen LogP contribution in [0.15, 0.2) is 70.3 Å². The van der Waals surface area contributed by atoms with Crippen molar-refractivity contribution in [3.63, 3.8) is 0 Å². The highest BCUT2D eigenvalue weighted by molar-refractivity contribution is 5.86. The molecule has 0 amide bonds. The summed E-state index contributed by atoms with van der Waals surface area (Å²) >= 11 is 0. The average molecular weight is 303 g/mol. The predicted molar refractivity (Wildman–Crippen MR) is 92.4 cm³/mol. The Morgan fingerprint density at radius 2 is 1.09 bits per heavy atom. The Bertz CT molecular complexity index is 1050. The van der Waals surface area contributed by atoms with Gasteiger partial charge in [0.05, 0.1) is 0 Å². The topological polar surface area (TPSA) is 77.8 Å². The zero-order valence-corrected chi connectivity index (χ0v) is 12.1. The number of hydrogen-bond acceptors (Lipinski definition) is 3. The molecule has 0 saturated heterocycles. The van der Waals surface area contributed by atoms with Gasteiger partial charge in [0.25, 0.3) is 11.1 Å². The van der Waals surface area contributed by atoms with Crippen molar-refractivity contribution < 1.29 is 0 Å². The maximum atomic E-state index is 12.1. The number of pyridine rings is 2. The van der Waals surface area contributed by atoms with E-state index in [1.54, 1.807) is 12.1 Å². The quantitative estimate of drug-likeness (QED) is 0.532. The van der Waals surface area contributed by atoms with E-state index < -0.39 is 0 Å². The Hall–Kier alpha value is -3.34. The summed E-state index contributed by atoms with van der Waals surface area (Å²) in [7, 11) is 0. The third kappa shape index (κ3) is 2.38. The third-order valence-corrected chi connectivity index (χ3v) is 3.78. The summed E-state index contributed by atoms with van der Waals surface area (Å²) in [4.78, 5) is 29.8. The van der Waals surface area contributed by atoms with Crippen LogP contribution in [0.25, 0.3) is 21.5 Å². The minimum absolute atomic E-state index is 0.172. The molecule has 4 aromatic rings. The Morgan fingerprint density at radius 3 is 1.57 bits per heavy atom. The molecule has 5 nitrogen and oxygen atoms in total. The Balaban J connectivity index is 1.82. The summed E-state index contributed by atoms with van der Waals surface area (Å²) in [5.41, 5.74) is -0.345. The van der Waals surface area contributed by atoms with Crippen LogP contribution in [0.5, 0.6) is 0 Å². The van der Waals surface area contributed by atoms with E-state index in [0.29, 0.717) is 22.4 Å². The molecular formula is C18H13N3O2. The maximum absolute atomic E-state index is 12.1. The fourth-order valence-electron chi connectivity index (χ4n) is 2.70. The molecule has 23 heavy (non-hydrogen) atoms. The number of rotatable bonds is 2. The summed E-state index contributed by atoms with van der Waals surface area (Å²) in [5, 5.41) is 5.99. The molecular weight excluding hydrogens is 290 g/mol. The van der Waals surface area contributed by atoms with Crippen molar-refractivity contribution in [2.45, 2.75) is 0 Å². The van der Waals surface area contributed by atoms with E-state index in [9.17, 15) is 9.59 Å². The largest absolute Gasteiger partial charge is 0.328 e. The van der Waals surface area contributed by atoms with Crippen molar-refractivity contribution in [2.24, 2.45) is 0 Å². The number of hydrogen-bond donors (Lipinski definition) is 3. The van der Waals surface area contributed by atoms with E-state index in [4.69, 9.17) is 0 Å². The van der Waals surface area contributed by atoms with Gasteiger partial charge in [0.2, 0.25) is 0 Å². The highest BCUT2D eigenvalue weighted by Gasteiger charge is 2.04. The van der Waals surface area contributed by atoms with Crippen LogP contribution in [0.1, 0.15) is 0 Å². The van der Waals surface area contributed by atoms with Gasteiger partial charge in [-0.3, -0.25) is 9.59 Å².